The Morgan fingerprint density at radius 2 is 1.90 bits per heavy atom. The lowest BCUT2D eigenvalue weighted by molar-refractivity contribution is 0.441. The molecule has 4 heteroatoms. The van der Waals surface area contributed by atoms with Crippen molar-refractivity contribution in [1.82, 2.24) is 0 Å². The Bertz CT molecular complexity index is 682. The minimum Gasteiger partial charge on any atom is -0.454 e. The highest BCUT2D eigenvalue weighted by Gasteiger charge is 2.09. The first-order valence-electron chi connectivity index (χ1n) is 6.76. The molecule has 0 aliphatic heterocycles. The van der Waals surface area contributed by atoms with E-state index in [-0.39, 0.29) is 10.7 Å². The molecule has 110 valence electrons. The third-order valence-electron chi connectivity index (χ3n) is 3.31. The summed E-state index contributed by atoms with van der Waals surface area (Å²) in [5, 5.41) is 0. The fourth-order valence-electron chi connectivity index (χ4n) is 2.22. The van der Waals surface area contributed by atoms with Gasteiger partial charge in [0.2, 0.25) is 0 Å². The Hall–Kier alpha value is -1.94. The van der Waals surface area contributed by atoms with Gasteiger partial charge in [-0.25, -0.2) is 4.39 Å². The van der Waals surface area contributed by atoms with Crippen LogP contribution in [-0.4, -0.2) is 4.99 Å². The first kappa shape index (κ1) is 15.4. The molecule has 2 rings (SSSR count). The van der Waals surface area contributed by atoms with E-state index in [2.05, 4.69) is 13.8 Å². The predicted molar refractivity (Wildman–Crippen MR) is 87.6 cm³/mol. The third kappa shape index (κ3) is 3.58. The second kappa shape index (κ2) is 6.22. The van der Waals surface area contributed by atoms with Crippen LogP contribution in [0.5, 0.6) is 11.5 Å². The van der Waals surface area contributed by atoms with Gasteiger partial charge in [0.1, 0.15) is 10.7 Å². The SMILES string of the molecule is Cc1cc(Oc2ccc(C(N)=S)cc2F)ccc1C(C)C. The average molecular weight is 303 g/mol. The molecule has 0 spiro atoms. The highest BCUT2D eigenvalue weighted by molar-refractivity contribution is 7.80. The maximum Gasteiger partial charge on any atom is 0.166 e. The molecule has 0 fully saturated rings. The van der Waals surface area contributed by atoms with E-state index in [9.17, 15) is 4.39 Å². The van der Waals surface area contributed by atoms with Crippen molar-refractivity contribution in [1.29, 1.82) is 0 Å². The van der Waals surface area contributed by atoms with Gasteiger partial charge in [-0.3, -0.25) is 0 Å². The van der Waals surface area contributed by atoms with Crippen LogP contribution in [0.4, 0.5) is 4.39 Å². The Morgan fingerprint density at radius 1 is 1.19 bits per heavy atom. The molecule has 0 bridgehead atoms. The number of aryl methyl sites for hydroxylation is 1. The molecule has 2 aromatic carbocycles. The number of nitrogens with two attached hydrogens (primary N) is 1. The molecular formula is C17H18FNOS. The van der Waals surface area contributed by atoms with E-state index in [0.717, 1.165) is 5.56 Å². The fraction of sp³-hybridized carbons (Fsp3) is 0.235. The van der Waals surface area contributed by atoms with Crippen LogP contribution in [0.15, 0.2) is 36.4 Å². The van der Waals surface area contributed by atoms with E-state index >= 15 is 0 Å². The van der Waals surface area contributed by atoms with Crippen LogP contribution in [0.1, 0.15) is 36.5 Å². The zero-order valence-corrected chi connectivity index (χ0v) is 13.1. The van der Waals surface area contributed by atoms with E-state index in [1.807, 2.05) is 25.1 Å². The van der Waals surface area contributed by atoms with E-state index in [4.69, 9.17) is 22.7 Å². The highest BCUT2D eigenvalue weighted by Crippen LogP contribution is 2.28. The van der Waals surface area contributed by atoms with E-state index in [0.29, 0.717) is 17.2 Å². The molecule has 0 unspecified atom stereocenters. The summed E-state index contributed by atoms with van der Waals surface area (Å²) < 4.78 is 19.6. The van der Waals surface area contributed by atoms with Gasteiger partial charge >= 0.3 is 0 Å². The molecule has 2 aromatic rings. The molecule has 0 saturated carbocycles. The number of rotatable bonds is 4. The summed E-state index contributed by atoms with van der Waals surface area (Å²) in [5.41, 5.74) is 8.34. The third-order valence-corrected chi connectivity index (χ3v) is 3.54. The molecule has 0 aliphatic rings. The van der Waals surface area contributed by atoms with E-state index in [1.165, 1.54) is 17.7 Å². The van der Waals surface area contributed by atoms with Crippen molar-refractivity contribution in [2.24, 2.45) is 5.73 Å². The molecule has 2 N–H and O–H groups in total. The Morgan fingerprint density at radius 3 is 2.43 bits per heavy atom. The topological polar surface area (TPSA) is 35.2 Å². The number of hydrogen-bond acceptors (Lipinski definition) is 2. The summed E-state index contributed by atoms with van der Waals surface area (Å²) in [6.07, 6.45) is 0. The lowest BCUT2D eigenvalue weighted by Crippen LogP contribution is -2.09. The van der Waals surface area contributed by atoms with Gasteiger partial charge in [-0.2, -0.15) is 0 Å². The monoisotopic (exact) mass is 303 g/mol. The lowest BCUT2D eigenvalue weighted by atomic mass is 9.98. The van der Waals surface area contributed by atoms with Crippen molar-refractivity contribution in [3.8, 4) is 11.5 Å². The van der Waals surface area contributed by atoms with Crippen molar-refractivity contribution < 1.29 is 9.13 Å². The first-order valence-corrected chi connectivity index (χ1v) is 7.17. The molecule has 0 aliphatic carbocycles. The van der Waals surface area contributed by atoms with Crippen molar-refractivity contribution in [2.45, 2.75) is 26.7 Å². The van der Waals surface area contributed by atoms with Crippen LogP contribution in [0, 0.1) is 12.7 Å². The summed E-state index contributed by atoms with van der Waals surface area (Å²) in [7, 11) is 0. The maximum absolute atomic E-state index is 14.0. The number of thiocarbonyl (C=S) groups is 1. The summed E-state index contributed by atoms with van der Waals surface area (Å²) in [6.45, 7) is 6.29. The maximum atomic E-state index is 14.0. The molecule has 0 aromatic heterocycles. The smallest absolute Gasteiger partial charge is 0.166 e. The van der Waals surface area contributed by atoms with Gasteiger partial charge in [0.15, 0.2) is 11.6 Å². The molecule has 0 heterocycles. The summed E-state index contributed by atoms with van der Waals surface area (Å²) in [4.78, 5) is 0.164. The van der Waals surface area contributed by atoms with Crippen LogP contribution in [0.2, 0.25) is 0 Å². The summed E-state index contributed by atoms with van der Waals surface area (Å²) >= 11 is 4.82. The summed E-state index contributed by atoms with van der Waals surface area (Å²) in [6, 6.07) is 10.2. The molecule has 0 atom stereocenters. The number of benzene rings is 2. The molecule has 0 amide bonds. The van der Waals surface area contributed by atoms with Gasteiger partial charge in [-0.05, 0) is 54.3 Å². The number of hydrogen-bond donors (Lipinski definition) is 1. The molecule has 0 radical (unpaired) electrons. The van der Waals surface area contributed by atoms with E-state index in [1.54, 1.807) is 6.07 Å². The van der Waals surface area contributed by atoms with Crippen molar-refractivity contribution >= 4 is 17.2 Å². The normalized spacial score (nSPS) is 10.7. The standard InChI is InChI=1S/C17H18FNOS/c1-10(2)14-6-5-13(8-11(14)3)20-16-7-4-12(17(19)21)9-15(16)18/h4-10H,1-3H3,(H2,19,21). The van der Waals surface area contributed by atoms with Crippen molar-refractivity contribution in [2.75, 3.05) is 0 Å². The number of ether oxygens (including phenoxy) is 1. The van der Waals surface area contributed by atoms with Gasteiger partial charge in [0.05, 0.1) is 0 Å². The van der Waals surface area contributed by atoms with Crippen LogP contribution < -0.4 is 10.5 Å². The van der Waals surface area contributed by atoms with Gasteiger partial charge in [0, 0.05) is 5.56 Å². The van der Waals surface area contributed by atoms with Crippen LogP contribution in [0.25, 0.3) is 0 Å². The van der Waals surface area contributed by atoms with Gasteiger partial charge in [0.25, 0.3) is 0 Å². The van der Waals surface area contributed by atoms with Crippen LogP contribution in [-0.2, 0) is 0 Å². The zero-order chi connectivity index (χ0) is 15.6. The molecule has 2 nitrogen and oxygen atoms in total. The Balaban J connectivity index is 2.26. The van der Waals surface area contributed by atoms with Crippen LogP contribution >= 0.6 is 12.2 Å². The summed E-state index contributed by atoms with van der Waals surface area (Å²) in [5.74, 6) is 0.733. The van der Waals surface area contributed by atoms with Crippen LogP contribution in [0.3, 0.4) is 0 Å². The average Bonchev–Trinajstić information content (AvgIpc) is 2.40. The number of halogens is 1. The second-order valence-electron chi connectivity index (χ2n) is 5.28. The van der Waals surface area contributed by atoms with Crippen molar-refractivity contribution in [3.63, 3.8) is 0 Å². The van der Waals surface area contributed by atoms with Gasteiger partial charge < -0.3 is 10.5 Å². The fourth-order valence-corrected chi connectivity index (χ4v) is 2.35. The Kier molecular flexibility index (Phi) is 4.58. The highest BCUT2D eigenvalue weighted by atomic mass is 32.1. The molecule has 21 heavy (non-hydrogen) atoms. The molecule has 0 saturated heterocycles. The minimum absolute atomic E-state index is 0.159. The minimum atomic E-state index is -0.481. The lowest BCUT2D eigenvalue weighted by Gasteiger charge is -2.13. The predicted octanol–water partition coefficient (Wildman–Crippen LogP) is 4.68. The quantitative estimate of drug-likeness (QED) is 0.833. The first-order chi connectivity index (χ1) is 9.88. The van der Waals surface area contributed by atoms with Gasteiger partial charge in [-0.1, -0.05) is 32.1 Å². The van der Waals surface area contributed by atoms with Crippen molar-refractivity contribution in [3.05, 3.63) is 58.9 Å². The van der Waals surface area contributed by atoms with Gasteiger partial charge in [-0.15, -0.1) is 0 Å². The Labute approximate surface area is 129 Å². The largest absolute Gasteiger partial charge is 0.454 e. The zero-order valence-electron chi connectivity index (χ0n) is 12.3. The van der Waals surface area contributed by atoms with E-state index < -0.39 is 5.82 Å². The molecular weight excluding hydrogens is 285 g/mol. The second-order valence-corrected chi connectivity index (χ2v) is 5.72.